The van der Waals surface area contributed by atoms with Crippen LogP contribution in [0, 0.1) is 11.3 Å². The summed E-state index contributed by atoms with van der Waals surface area (Å²) in [6, 6.07) is 17.1. The van der Waals surface area contributed by atoms with Crippen LogP contribution in [0.2, 0.25) is 0 Å². The molecule has 0 aliphatic carbocycles. The summed E-state index contributed by atoms with van der Waals surface area (Å²) in [5.41, 5.74) is 1.78. The molecule has 1 amide bonds. The van der Waals surface area contributed by atoms with Crippen LogP contribution in [0.15, 0.2) is 54.1 Å². The van der Waals surface area contributed by atoms with Gasteiger partial charge in [0.2, 0.25) is 0 Å². The summed E-state index contributed by atoms with van der Waals surface area (Å²) in [5, 5.41) is 12.2. The number of nitriles is 1. The van der Waals surface area contributed by atoms with E-state index in [9.17, 15) is 10.1 Å². The fraction of sp³-hybridized carbons (Fsp3) is 0.333. The van der Waals surface area contributed by atoms with Crippen molar-refractivity contribution in [2.45, 2.75) is 6.61 Å². The summed E-state index contributed by atoms with van der Waals surface area (Å²) in [4.78, 5) is 14.6. The van der Waals surface area contributed by atoms with E-state index in [4.69, 9.17) is 14.2 Å². The van der Waals surface area contributed by atoms with Gasteiger partial charge in [-0.3, -0.25) is 9.69 Å². The molecular weight excluding hydrogens is 394 g/mol. The summed E-state index contributed by atoms with van der Waals surface area (Å²) in [6.07, 6.45) is 1.55. The molecule has 0 unspecified atom stereocenters. The minimum Gasteiger partial charge on any atom is -0.493 e. The average Bonchev–Trinajstić information content (AvgIpc) is 2.82. The number of amides is 1. The molecule has 0 radical (unpaired) electrons. The normalized spacial score (nSPS) is 14.5. The summed E-state index contributed by atoms with van der Waals surface area (Å²) in [7, 11) is 1.56. The van der Waals surface area contributed by atoms with Gasteiger partial charge in [0.05, 0.1) is 20.3 Å². The second-order valence-electron chi connectivity index (χ2n) is 7.06. The fourth-order valence-corrected chi connectivity index (χ4v) is 3.19. The van der Waals surface area contributed by atoms with Gasteiger partial charge in [-0.2, -0.15) is 5.26 Å². The molecule has 1 N–H and O–H groups in total. The zero-order chi connectivity index (χ0) is 21.9. The van der Waals surface area contributed by atoms with Crippen molar-refractivity contribution in [1.29, 1.82) is 5.26 Å². The summed E-state index contributed by atoms with van der Waals surface area (Å²) < 4.78 is 16.6. The van der Waals surface area contributed by atoms with Crippen LogP contribution in [-0.4, -0.2) is 57.3 Å². The van der Waals surface area contributed by atoms with Gasteiger partial charge in [-0.1, -0.05) is 36.4 Å². The quantitative estimate of drug-likeness (QED) is 0.495. The third kappa shape index (κ3) is 6.85. The van der Waals surface area contributed by atoms with Gasteiger partial charge in [0.1, 0.15) is 18.2 Å². The molecule has 1 aliphatic heterocycles. The standard InChI is InChI=1S/C24H27N3O4/c1-29-23-16-20(7-8-22(23)31-18-19-5-3-2-4-6-19)15-21(17-25)24(28)26-9-10-27-11-13-30-14-12-27/h2-8,15-16H,9-14,18H2,1H3,(H,26,28)/b21-15+. The number of hydrogen-bond donors (Lipinski definition) is 1. The highest BCUT2D eigenvalue weighted by Gasteiger charge is 2.13. The SMILES string of the molecule is COc1cc(/C=C(\C#N)C(=O)NCCN2CCOCC2)ccc1OCc1ccccc1. The maximum atomic E-state index is 12.4. The van der Waals surface area contributed by atoms with E-state index in [0.29, 0.717) is 43.4 Å². The molecule has 0 spiro atoms. The Morgan fingerprint density at radius 2 is 1.97 bits per heavy atom. The van der Waals surface area contributed by atoms with Gasteiger partial charge < -0.3 is 19.5 Å². The number of morpholine rings is 1. The summed E-state index contributed by atoms with van der Waals surface area (Å²) in [5.74, 6) is 0.741. The van der Waals surface area contributed by atoms with Gasteiger partial charge >= 0.3 is 0 Å². The molecule has 0 bridgehead atoms. The predicted octanol–water partition coefficient (Wildman–Crippen LogP) is 2.63. The number of benzene rings is 2. The van der Waals surface area contributed by atoms with Crippen LogP contribution in [0.3, 0.4) is 0 Å². The van der Waals surface area contributed by atoms with E-state index >= 15 is 0 Å². The second kappa shape index (κ2) is 11.7. The lowest BCUT2D eigenvalue weighted by atomic mass is 10.1. The molecule has 7 heteroatoms. The van der Waals surface area contributed by atoms with Crippen LogP contribution < -0.4 is 14.8 Å². The zero-order valence-electron chi connectivity index (χ0n) is 17.7. The third-order valence-electron chi connectivity index (χ3n) is 4.92. The molecular formula is C24H27N3O4. The molecule has 31 heavy (non-hydrogen) atoms. The Labute approximate surface area is 182 Å². The van der Waals surface area contributed by atoms with Gasteiger partial charge in [0, 0.05) is 26.2 Å². The van der Waals surface area contributed by atoms with E-state index in [1.54, 1.807) is 31.4 Å². The van der Waals surface area contributed by atoms with E-state index in [1.807, 2.05) is 36.4 Å². The molecule has 1 aliphatic rings. The minimum atomic E-state index is -0.390. The van der Waals surface area contributed by atoms with Gasteiger partial charge in [0.25, 0.3) is 5.91 Å². The second-order valence-corrected chi connectivity index (χ2v) is 7.06. The van der Waals surface area contributed by atoms with Crippen molar-refractivity contribution in [2.75, 3.05) is 46.5 Å². The topological polar surface area (TPSA) is 83.8 Å². The fourth-order valence-electron chi connectivity index (χ4n) is 3.19. The van der Waals surface area contributed by atoms with Crippen LogP contribution in [0.1, 0.15) is 11.1 Å². The number of methoxy groups -OCH3 is 1. The molecule has 2 aromatic rings. The number of nitrogens with zero attached hydrogens (tertiary/aromatic N) is 2. The van der Waals surface area contributed by atoms with Crippen molar-refractivity contribution in [1.82, 2.24) is 10.2 Å². The van der Waals surface area contributed by atoms with E-state index in [-0.39, 0.29) is 11.5 Å². The van der Waals surface area contributed by atoms with Gasteiger partial charge in [-0.15, -0.1) is 0 Å². The maximum Gasteiger partial charge on any atom is 0.261 e. The lowest BCUT2D eigenvalue weighted by Crippen LogP contribution is -2.41. The average molecular weight is 421 g/mol. The number of carbonyl (C=O) groups excluding carboxylic acids is 1. The van der Waals surface area contributed by atoms with Crippen LogP contribution in [0.5, 0.6) is 11.5 Å². The van der Waals surface area contributed by atoms with E-state index in [2.05, 4.69) is 10.2 Å². The molecule has 0 atom stereocenters. The molecule has 3 rings (SSSR count). The van der Waals surface area contributed by atoms with Crippen molar-refractivity contribution in [3.05, 3.63) is 65.2 Å². The highest BCUT2D eigenvalue weighted by atomic mass is 16.5. The van der Waals surface area contributed by atoms with Gasteiger partial charge in [-0.05, 0) is 29.3 Å². The Balaban J connectivity index is 1.60. The van der Waals surface area contributed by atoms with Crippen molar-refractivity contribution in [3.8, 4) is 17.6 Å². The highest BCUT2D eigenvalue weighted by Crippen LogP contribution is 2.29. The van der Waals surface area contributed by atoms with Crippen molar-refractivity contribution < 1.29 is 19.0 Å². The highest BCUT2D eigenvalue weighted by molar-refractivity contribution is 6.01. The van der Waals surface area contributed by atoms with Crippen molar-refractivity contribution in [3.63, 3.8) is 0 Å². The van der Waals surface area contributed by atoms with Crippen molar-refractivity contribution >= 4 is 12.0 Å². The molecule has 162 valence electrons. The zero-order valence-corrected chi connectivity index (χ0v) is 17.7. The Hall–Kier alpha value is -3.34. The number of nitrogens with one attached hydrogen (secondary N) is 1. The Morgan fingerprint density at radius 1 is 1.19 bits per heavy atom. The number of rotatable bonds is 9. The summed E-state index contributed by atoms with van der Waals surface area (Å²) >= 11 is 0. The minimum absolute atomic E-state index is 0.0435. The first-order chi connectivity index (χ1) is 15.2. The van der Waals surface area contributed by atoms with Crippen LogP contribution in [-0.2, 0) is 16.1 Å². The van der Waals surface area contributed by atoms with Crippen LogP contribution >= 0.6 is 0 Å². The maximum absolute atomic E-state index is 12.4. The first-order valence-corrected chi connectivity index (χ1v) is 10.2. The molecule has 1 saturated heterocycles. The van der Waals surface area contributed by atoms with Crippen LogP contribution in [0.25, 0.3) is 6.08 Å². The molecule has 0 saturated carbocycles. The van der Waals surface area contributed by atoms with Gasteiger partial charge in [-0.25, -0.2) is 0 Å². The molecule has 1 heterocycles. The molecule has 7 nitrogen and oxygen atoms in total. The number of ether oxygens (including phenoxy) is 3. The Bertz CT molecular complexity index is 932. The van der Waals surface area contributed by atoms with Crippen molar-refractivity contribution in [2.24, 2.45) is 0 Å². The smallest absolute Gasteiger partial charge is 0.261 e. The third-order valence-corrected chi connectivity index (χ3v) is 4.92. The molecule has 2 aromatic carbocycles. The van der Waals surface area contributed by atoms with E-state index in [0.717, 1.165) is 25.2 Å². The number of carbonyl (C=O) groups is 1. The summed E-state index contributed by atoms with van der Waals surface area (Å²) in [6.45, 7) is 4.77. The lowest BCUT2D eigenvalue weighted by Gasteiger charge is -2.26. The first kappa shape index (κ1) is 22.3. The largest absolute Gasteiger partial charge is 0.493 e. The first-order valence-electron chi connectivity index (χ1n) is 10.2. The van der Waals surface area contributed by atoms with E-state index < -0.39 is 0 Å². The predicted molar refractivity (Wildman–Crippen MR) is 118 cm³/mol. The molecule has 0 aromatic heterocycles. The van der Waals surface area contributed by atoms with Gasteiger partial charge in [0.15, 0.2) is 11.5 Å². The Morgan fingerprint density at radius 3 is 2.68 bits per heavy atom. The number of hydrogen-bond acceptors (Lipinski definition) is 6. The Kier molecular flexibility index (Phi) is 8.47. The molecule has 1 fully saturated rings. The van der Waals surface area contributed by atoms with Crippen LogP contribution in [0.4, 0.5) is 0 Å². The lowest BCUT2D eigenvalue weighted by molar-refractivity contribution is -0.117. The van der Waals surface area contributed by atoms with E-state index in [1.165, 1.54) is 0 Å². The monoisotopic (exact) mass is 421 g/mol.